The zero-order chi connectivity index (χ0) is 19.6. The lowest BCUT2D eigenvalue weighted by atomic mass is 10.2. The van der Waals surface area contributed by atoms with E-state index in [4.69, 9.17) is 21.4 Å². The van der Waals surface area contributed by atoms with Crippen LogP contribution >= 0.6 is 11.6 Å². The molecule has 7 nitrogen and oxygen atoms in total. The summed E-state index contributed by atoms with van der Waals surface area (Å²) in [5, 5.41) is 11.5. The number of ether oxygens (including phenoxy) is 1. The van der Waals surface area contributed by atoms with E-state index in [1.54, 1.807) is 18.2 Å². The minimum absolute atomic E-state index is 0.0340. The quantitative estimate of drug-likeness (QED) is 0.697. The van der Waals surface area contributed by atoms with Crippen LogP contribution in [-0.2, 0) is 6.42 Å². The Hall–Kier alpha value is -3.13. The summed E-state index contributed by atoms with van der Waals surface area (Å²) in [5.41, 5.74) is 0.283. The molecule has 3 rings (SSSR count). The third-order valence-electron chi connectivity index (χ3n) is 3.93. The number of fused-ring (bicyclic) bond motifs is 1. The lowest BCUT2D eigenvalue weighted by Gasteiger charge is -2.15. The van der Waals surface area contributed by atoms with Crippen molar-refractivity contribution in [3.8, 4) is 11.4 Å². The molecule has 140 valence electrons. The fraction of sp³-hybridized carbons (Fsp3) is 0.167. The Bertz CT molecular complexity index is 1080. The van der Waals surface area contributed by atoms with Crippen molar-refractivity contribution < 1.29 is 19.0 Å². The summed E-state index contributed by atoms with van der Waals surface area (Å²) in [6.45, 7) is 0.0478. The Labute approximate surface area is 158 Å². The van der Waals surface area contributed by atoms with Crippen molar-refractivity contribution in [2.75, 3.05) is 13.7 Å². The summed E-state index contributed by atoms with van der Waals surface area (Å²) in [7, 11) is 1.32. The highest BCUT2D eigenvalue weighted by molar-refractivity contribution is 6.35. The van der Waals surface area contributed by atoms with Crippen molar-refractivity contribution in [1.29, 1.82) is 0 Å². The fourth-order valence-electron chi connectivity index (χ4n) is 2.74. The average molecular weight is 392 g/mol. The Morgan fingerprint density at radius 3 is 2.85 bits per heavy atom. The molecular formula is C18H15ClFN3O4. The van der Waals surface area contributed by atoms with Gasteiger partial charge in [0.05, 0.1) is 28.7 Å². The van der Waals surface area contributed by atoms with Crippen LogP contribution in [0.25, 0.3) is 16.6 Å². The van der Waals surface area contributed by atoms with E-state index in [2.05, 4.69) is 10.3 Å². The van der Waals surface area contributed by atoms with Gasteiger partial charge in [-0.3, -0.25) is 9.36 Å². The summed E-state index contributed by atoms with van der Waals surface area (Å²) in [5.74, 6) is -0.305. The highest BCUT2D eigenvalue weighted by atomic mass is 35.5. The van der Waals surface area contributed by atoms with Gasteiger partial charge in [0.2, 0.25) is 0 Å². The molecule has 0 spiro atoms. The van der Waals surface area contributed by atoms with Gasteiger partial charge < -0.3 is 15.2 Å². The number of aromatic nitrogens is 2. The number of hydrogen-bond acceptors (Lipinski definition) is 4. The van der Waals surface area contributed by atoms with Gasteiger partial charge in [0.1, 0.15) is 5.82 Å². The van der Waals surface area contributed by atoms with Crippen LogP contribution in [-0.4, -0.2) is 34.4 Å². The van der Waals surface area contributed by atoms with Crippen LogP contribution < -0.4 is 15.6 Å². The molecule has 27 heavy (non-hydrogen) atoms. The first-order valence-electron chi connectivity index (χ1n) is 7.93. The SMILES string of the molecule is COc1cc(-n2c(CCNC(=O)O)nc3cccc(Cl)c3c2=O)ccc1F. The summed E-state index contributed by atoms with van der Waals surface area (Å²) < 4.78 is 20.0. The number of nitrogens with one attached hydrogen (secondary N) is 1. The average Bonchev–Trinajstić information content (AvgIpc) is 2.62. The van der Waals surface area contributed by atoms with E-state index in [0.29, 0.717) is 17.0 Å². The van der Waals surface area contributed by atoms with Crippen molar-refractivity contribution in [1.82, 2.24) is 14.9 Å². The van der Waals surface area contributed by atoms with Crippen molar-refractivity contribution in [3.05, 3.63) is 63.4 Å². The second-order valence-electron chi connectivity index (χ2n) is 5.60. The molecule has 3 aromatic rings. The lowest BCUT2D eigenvalue weighted by molar-refractivity contribution is 0.194. The number of hydrogen-bond donors (Lipinski definition) is 2. The highest BCUT2D eigenvalue weighted by Crippen LogP contribution is 2.23. The van der Waals surface area contributed by atoms with Crippen LogP contribution in [0.5, 0.6) is 5.75 Å². The minimum atomic E-state index is -1.18. The second-order valence-corrected chi connectivity index (χ2v) is 6.01. The van der Waals surface area contributed by atoms with Gasteiger partial charge in [0.15, 0.2) is 11.6 Å². The number of carbonyl (C=O) groups is 1. The largest absolute Gasteiger partial charge is 0.494 e. The Morgan fingerprint density at radius 2 is 2.15 bits per heavy atom. The third-order valence-corrected chi connectivity index (χ3v) is 4.25. The first-order valence-corrected chi connectivity index (χ1v) is 8.31. The summed E-state index contributed by atoms with van der Waals surface area (Å²) in [4.78, 5) is 28.3. The molecule has 1 aromatic heterocycles. The summed E-state index contributed by atoms with van der Waals surface area (Å²) >= 11 is 6.18. The van der Waals surface area contributed by atoms with Gasteiger partial charge in [-0.25, -0.2) is 14.2 Å². The van der Waals surface area contributed by atoms with Gasteiger partial charge in [-0.15, -0.1) is 0 Å². The Morgan fingerprint density at radius 1 is 1.37 bits per heavy atom. The number of halogens is 2. The molecule has 2 aromatic carbocycles. The molecule has 0 aliphatic carbocycles. The smallest absolute Gasteiger partial charge is 0.404 e. The molecule has 1 heterocycles. The van der Waals surface area contributed by atoms with Crippen molar-refractivity contribution in [2.45, 2.75) is 6.42 Å². The minimum Gasteiger partial charge on any atom is -0.494 e. The van der Waals surface area contributed by atoms with Crippen molar-refractivity contribution >= 4 is 28.6 Å². The molecule has 0 fully saturated rings. The second kappa shape index (κ2) is 7.63. The van der Waals surface area contributed by atoms with Crippen LogP contribution in [0.1, 0.15) is 5.82 Å². The molecule has 0 aliphatic rings. The first kappa shape index (κ1) is 18.7. The number of methoxy groups -OCH3 is 1. The maximum absolute atomic E-state index is 13.8. The van der Waals surface area contributed by atoms with E-state index >= 15 is 0 Å². The number of rotatable bonds is 5. The Kier molecular flexibility index (Phi) is 5.27. The maximum atomic E-state index is 13.8. The van der Waals surface area contributed by atoms with E-state index in [9.17, 15) is 14.0 Å². The van der Waals surface area contributed by atoms with Gasteiger partial charge in [0, 0.05) is 19.0 Å². The number of nitrogens with zero attached hydrogens (tertiary/aromatic N) is 2. The van der Waals surface area contributed by atoms with Crippen LogP contribution in [0.3, 0.4) is 0 Å². The molecule has 0 bridgehead atoms. The van der Waals surface area contributed by atoms with Crippen molar-refractivity contribution in [2.24, 2.45) is 0 Å². The Balaban J connectivity index is 2.24. The van der Waals surface area contributed by atoms with E-state index in [1.807, 2.05) is 0 Å². The predicted octanol–water partition coefficient (Wildman–Crippen LogP) is 3.00. The molecule has 0 aliphatic heterocycles. The van der Waals surface area contributed by atoms with E-state index in [-0.39, 0.29) is 29.1 Å². The van der Waals surface area contributed by atoms with Crippen LogP contribution in [0.15, 0.2) is 41.2 Å². The van der Waals surface area contributed by atoms with Crippen LogP contribution in [0, 0.1) is 5.82 Å². The molecule has 0 saturated carbocycles. The first-order chi connectivity index (χ1) is 12.9. The monoisotopic (exact) mass is 391 g/mol. The molecular weight excluding hydrogens is 377 g/mol. The van der Waals surface area contributed by atoms with Gasteiger partial charge in [-0.2, -0.15) is 0 Å². The van der Waals surface area contributed by atoms with Gasteiger partial charge in [-0.1, -0.05) is 17.7 Å². The van der Waals surface area contributed by atoms with E-state index in [1.165, 1.54) is 29.9 Å². The molecule has 9 heteroatoms. The number of benzene rings is 2. The molecule has 0 radical (unpaired) electrons. The maximum Gasteiger partial charge on any atom is 0.404 e. The molecule has 0 atom stereocenters. The van der Waals surface area contributed by atoms with Gasteiger partial charge in [0.25, 0.3) is 5.56 Å². The van der Waals surface area contributed by atoms with E-state index < -0.39 is 17.5 Å². The molecule has 2 N–H and O–H groups in total. The van der Waals surface area contributed by atoms with Crippen LogP contribution in [0.4, 0.5) is 9.18 Å². The predicted molar refractivity (Wildman–Crippen MR) is 98.6 cm³/mol. The molecule has 0 saturated heterocycles. The summed E-state index contributed by atoms with van der Waals surface area (Å²) in [6, 6.07) is 8.85. The fourth-order valence-corrected chi connectivity index (χ4v) is 2.99. The normalized spacial score (nSPS) is 10.8. The number of amides is 1. The van der Waals surface area contributed by atoms with E-state index in [0.717, 1.165) is 0 Å². The third kappa shape index (κ3) is 3.70. The standard InChI is InChI=1S/C18H15ClFN3O4/c1-27-14-9-10(5-6-12(14)20)23-15(7-8-21-18(25)26)22-13-4-2-3-11(19)16(13)17(23)24/h2-6,9,21H,7-8H2,1H3,(H,25,26). The van der Waals surface area contributed by atoms with Gasteiger partial charge in [-0.05, 0) is 24.3 Å². The number of carboxylic acid groups (broad SMARTS) is 1. The van der Waals surface area contributed by atoms with Crippen LogP contribution in [0.2, 0.25) is 5.02 Å². The zero-order valence-corrected chi connectivity index (χ0v) is 15.0. The zero-order valence-electron chi connectivity index (χ0n) is 14.2. The molecule has 0 unspecified atom stereocenters. The van der Waals surface area contributed by atoms with Gasteiger partial charge >= 0.3 is 6.09 Å². The highest BCUT2D eigenvalue weighted by Gasteiger charge is 2.16. The molecule has 1 amide bonds. The van der Waals surface area contributed by atoms with Crippen molar-refractivity contribution in [3.63, 3.8) is 0 Å². The topological polar surface area (TPSA) is 93.4 Å². The lowest BCUT2D eigenvalue weighted by Crippen LogP contribution is -2.29. The summed E-state index contributed by atoms with van der Waals surface area (Å²) in [6.07, 6.45) is -1.04.